The molecule has 0 unspecified atom stereocenters. The molecule has 0 atom stereocenters. The van der Waals surface area contributed by atoms with Gasteiger partial charge in [-0.05, 0) is 6.07 Å². The number of sulfone groups is 1. The van der Waals surface area contributed by atoms with E-state index in [1.165, 1.54) is 18.2 Å². The van der Waals surface area contributed by atoms with E-state index in [2.05, 4.69) is 19.7 Å². The van der Waals surface area contributed by atoms with E-state index < -0.39 is 21.9 Å². The minimum absolute atomic E-state index is 0.00187. The van der Waals surface area contributed by atoms with Crippen LogP contribution in [-0.4, -0.2) is 24.9 Å². The SMILES string of the molecule is Nc1nnc(S(=O)(=O)Cc2cccc3c2OC(F)(F)O3)s1. The summed E-state index contributed by atoms with van der Waals surface area (Å²) in [6.07, 6.45) is -3.81. The Kier molecular flexibility index (Phi) is 2.99. The zero-order valence-corrected chi connectivity index (χ0v) is 11.7. The highest BCUT2D eigenvalue weighted by Gasteiger charge is 2.44. The molecule has 0 aliphatic carbocycles. The van der Waals surface area contributed by atoms with Crippen molar-refractivity contribution in [1.29, 1.82) is 0 Å². The summed E-state index contributed by atoms with van der Waals surface area (Å²) < 4.78 is 58.7. The molecule has 7 nitrogen and oxygen atoms in total. The number of hydrogen-bond donors (Lipinski definition) is 1. The lowest BCUT2D eigenvalue weighted by molar-refractivity contribution is -0.286. The van der Waals surface area contributed by atoms with Gasteiger partial charge in [0.15, 0.2) is 11.5 Å². The molecule has 0 saturated carbocycles. The highest BCUT2D eigenvalue weighted by atomic mass is 32.2. The molecule has 0 bridgehead atoms. The summed E-state index contributed by atoms with van der Waals surface area (Å²) in [6.45, 7) is 0. The largest absolute Gasteiger partial charge is 0.586 e. The lowest BCUT2D eigenvalue weighted by Gasteiger charge is -2.06. The van der Waals surface area contributed by atoms with E-state index in [1.807, 2.05) is 0 Å². The van der Waals surface area contributed by atoms with Crippen LogP contribution in [0.25, 0.3) is 0 Å². The molecule has 0 radical (unpaired) electrons. The molecule has 1 aliphatic rings. The molecular weight excluding hydrogens is 328 g/mol. The Morgan fingerprint density at radius 1 is 1.29 bits per heavy atom. The van der Waals surface area contributed by atoms with E-state index in [1.54, 1.807) is 0 Å². The first-order valence-corrected chi connectivity index (χ1v) is 7.93. The molecular formula is C10H7F2N3O4S2. The van der Waals surface area contributed by atoms with Crippen LogP contribution in [-0.2, 0) is 15.6 Å². The monoisotopic (exact) mass is 335 g/mol. The number of rotatable bonds is 3. The molecule has 11 heteroatoms. The van der Waals surface area contributed by atoms with E-state index in [0.717, 1.165) is 0 Å². The summed E-state index contributed by atoms with van der Waals surface area (Å²) in [5, 5.41) is 6.85. The average molecular weight is 335 g/mol. The van der Waals surface area contributed by atoms with Crippen molar-refractivity contribution < 1.29 is 26.7 Å². The van der Waals surface area contributed by atoms with Crippen LogP contribution >= 0.6 is 11.3 Å². The highest BCUT2D eigenvalue weighted by Crippen LogP contribution is 2.44. The van der Waals surface area contributed by atoms with Crippen molar-refractivity contribution in [3.63, 3.8) is 0 Å². The maximum Gasteiger partial charge on any atom is 0.586 e. The van der Waals surface area contributed by atoms with Gasteiger partial charge in [0.05, 0.1) is 5.75 Å². The molecule has 21 heavy (non-hydrogen) atoms. The third-order valence-electron chi connectivity index (χ3n) is 2.54. The summed E-state index contributed by atoms with van der Waals surface area (Å²) >= 11 is 0.694. The molecule has 112 valence electrons. The third kappa shape index (κ3) is 2.61. The summed E-state index contributed by atoms with van der Waals surface area (Å²) in [5.41, 5.74) is 5.37. The van der Waals surface area contributed by atoms with Gasteiger partial charge in [-0.1, -0.05) is 23.5 Å². The van der Waals surface area contributed by atoms with Gasteiger partial charge in [-0.25, -0.2) is 8.42 Å². The Bertz CT molecular complexity index is 806. The quantitative estimate of drug-likeness (QED) is 0.904. The van der Waals surface area contributed by atoms with Crippen LogP contribution in [0.3, 0.4) is 0 Å². The van der Waals surface area contributed by atoms with Gasteiger partial charge >= 0.3 is 6.29 Å². The van der Waals surface area contributed by atoms with Crippen LogP contribution in [0.15, 0.2) is 22.5 Å². The number of halogens is 2. The van der Waals surface area contributed by atoms with E-state index in [0.29, 0.717) is 11.3 Å². The van der Waals surface area contributed by atoms with Crippen molar-refractivity contribution in [1.82, 2.24) is 10.2 Å². The second-order valence-electron chi connectivity index (χ2n) is 4.08. The fraction of sp³-hybridized carbons (Fsp3) is 0.200. The number of anilines is 1. The molecule has 0 spiro atoms. The number of ether oxygens (including phenoxy) is 2. The summed E-state index contributed by atoms with van der Waals surface area (Å²) in [6, 6.07) is 4.00. The first-order chi connectivity index (χ1) is 9.77. The van der Waals surface area contributed by atoms with Gasteiger partial charge in [0.25, 0.3) is 0 Å². The van der Waals surface area contributed by atoms with Crippen LogP contribution in [0, 0.1) is 0 Å². The maximum atomic E-state index is 13.0. The van der Waals surface area contributed by atoms with Gasteiger partial charge in [-0.3, -0.25) is 0 Å². The van der Waals surface area contributed by atoms with Gasteiger partial charge in [0, 0.05) is 5.56 Å². The van der Waals surface area contributed by atoms with Crippen molar-refractivity contribution in [3.8, 4) is 11.5 Å². The molecule has 2 heterocycles. The van der Waals surface area contributed by atoms with Gasteiger partial charge in [-0.15, -0.1) is 19.0 Å². The Balaban J connectivity index is 1.96. The van der Waals surface area contributed by atoms with E-state index >= 15 is 0 Å². The van der Waals surface area contributed by atoms with E-state index in [4.69, 9.17) is 5.73 Å². The number of para-hydroxylation sites is 1. The number of nitrogens with zero attached hydrogens (tertiary/aromatic N) is 2. The van der Waals surface area contributed by atoms with Crippen molar-refractivity contribution in [2.45, 2.75) is 16.4 Å². The van der Waals surface area contributed by atoms with Crippen molar-refractivity contribution in [2.24, 2.45) is 0 Å². The first kappa shape index (κ1) is 13.9. The van der Waals surface area contributed by atoms with Crippen LogP contribution in [0.2, 0.25) is 0 Å². The zero-order chi connectivity index (χ0) is 15.3. The minimum Gasteiger partial charge on any atom is -0.395 e. The third-order valence-corrected chi connectivity index (χ3v) is 5.41. The zero-order valence-electron chi connectivity index (χ0n) is 10.1. The molecule has 3 rings (SSSR count). The van der Waals surface area contributed by atoms with E-state index in [9.17, 15) is 17.2 Å². The Labute approximate surface area is 121 Å². The number of fused-ring (bicyclic) bond motifs is 1. The lowest BCUT2D eigenvalue weighted by Crippen LogP contribution is -2.26. The fourth-order valence-electron chi connectivity index (χ4n) is 1.75. The second-order valence-corrected chi connectivity index (χ2v) is 7.25. The van der Waals surface area contributed by atoms with Crippen LogP contribution in [0.5, 0.6) is 11.5 Å². The van der Waals surface area contributed by atoms with Gasteiger partial charge in [0.2, 0.25) is 19.3 Å². The Morgan fingerprint density at radius 3 is 2.71 bits per heavy atom. The minimum atomic E-state index is -3.87. The first-order valence-electron chi connectivity index (χ1n) is 5.46. The molecule has 0 fully saturated rings. The Hall–Kier alpha value is -2.01. The molecule has 1 aliphatic heterocycles. The van der Waals surface area contributed by atoms with Gasteiger partial charge in [-0.2, -0.15) is 0 Å². The number of hydrogen-bond acceptors (Lipinski definition) is 8. The number of nitrogens with two attached hydrogens (primary N) is 1. The summed E-state index contributed by atoms with van der Waals surface area (Å²) in [4.78, 5) is 0. The fourth-order valence-corrected chi connectivity index (χ4v) is 3.96. The maximum absolute atomic E-state index is 13.0. The number of alkyl halides is 2. The number of benzene rings is 1. The van der Waals surface area contributed by atoms with E-state index in [-0.39, 0.29) is 26.5 Å². The molecule has 0 amide bonds. The number of aromatic nitrogens is 2. The number of nitrogen functional groups attached to an aromatic ring is 1. The lowest BCUT2D eigenvalue weighted by atomic mass is 10.2. The molecule has 1 aromatic heterocycles. The van der Waals surface area contributed by atoms with Crippen LogP contribution in [0.4, 0.5) is 13.9 Å². The molecule has 1 aromatic carbocycles. The summed E-state index contributed by atoms with van der Waals surface area (Å²) in [5.74, 6) is -1.10. The molecule has 2 aromatic rings. The van der Waals surface area contributed by atoms with Crippen LogP contribution < -0.4 is 15.2 Å². The predicted octanol–water partition coefficient (Wildman–Crippen LogP) is 1.42. The molecule has 2 N–H and O–H groups in total. The smallest absolute Gasteiger partial charge is 0.395 e. The van der Waals surface area contributed by atoms with Crippen molar-refractivity contribution in [2.75, 3.05) is 5.73 Å². The van der Waals surface area contributed by atoms with Crippen LogP contribution in [0.1, 0.15) is 5.56 Å². The Morgan fingerprint density at radius 2 is 2.05 bits per heavy atom. The van der Waals surface area contributed by atoms with Crippen molar-refractivity contribution >= 4 is 26.3 Å². The van der Waals surface area contributed by atoms with Crippen molar-refractivity contribution in [3.05, 3.63) is 23.8 Å². The summed E-state index contributed by atoms with van der Waals surface area (Å²) in [7, 11) is -3.87. The average Bonchev–Trinajstić information content (AvgIpc) is 2.92. The predicted molar refractivity (Wildman–Crippen MR) is 67.9 cm³/mol. The normalized spacial score (nSPS) is 16.1. The molecule has 0 saturated heterocycles. The second kappa shape index (κ2) is 4.49. The topological polar surface area (TPSA) is 104 Å². The van der Waals surface area contributed by atoms with Gasteiger partial charge < -0.3 is 15.2 Å². The standard InChI is InChI=1S/C10H7F2N3O4S2/c11-10(12)18-6-3-1-2-5(7(6)19-10)4-21(16,17)9-15-14-8(13)20-9/h1-3H,4H2,(H2,13,14). The highest BCUT2D eigenvalue weighted by molar-refractivity contribution is 7.92. The van der Waals surface area contributed by atoms with Gasteiger partial charge in [0.1, 0.15) is 0 Å².